The smallest absolute Gasteiger partial charge is 0.321 e. The summed E-state index contributed by atoms with van der Waals surface area (Å²) in [5.41, 5.74) is 0.441. The maximum Gasteiger partial charge on any atom is 0.321 e. The molecule has 0 spiro atoms. The van der Waals surface area contributed by atoms with Crippen LogP contribution in [0.1, 0.15) is 12.5 Å². The quantitative estimate of drug-likeness (QED) is 0.822. The first-order chi connectivity index (χ1) is 8.65. The zero-order valence-corrected chi connectivity index (χ0v) is 9.90. The number of hydrogen-bond donors (Lipinski definition) is 2. The Hall–Kier alpha value is -2.55. The van der Waals surface area contributed by atoms with Crippen LogP contribution in [0.15, 0.2) is 24.3 Å². The van der Waals surface area contributed by atoms with Gasteiger partial charge < -0.3 is 10.1 Å². The molecular formula is C12H13N3O3. The number of nitriles is 1. The number of urea groups is 1. The first kappa shape index (κ1) is 13.5. The standard InChI is InChI=1S/C12H13N3O3/c1-2-14-12(17)15-11(16)8-18-10-5-3-4-9(6-10)7-13/h3-6H,2,8H2,1H3,(H2,14,15,16,17). The number of hydrogen-bond acceptors (Lipinski definition) is 4. The third-order valence-electron chi connectivity index (χ3n) is 1.92. The van der Waals surface area contributed by atoms with Gasteiger partial charge in [0, 0.05) is 6.54 Å². The van der Waals surface area contributed by atoms with Gasteiger partial charge in [-0.1, -0.05) is 6.07 Å². The van der Waals surface area contributed by atoms with Gasteiger partial charge in [0.15, 0.2) is 6.61 Å². The van der Waals surface area contributed by atoms with Gasteiger partial charge in [-0.3, -0.25) is 10.1 Å². The largest absolute Gasteiger partial charge is 0.484 e. The Morgan fingerprint density at radius 1 is 1.44 bits per heavy atom. The van der Waals surface area contributed by atoms with E-state index in [0.717, 1.165) is 0 Å². The van der Waals surface area contributed by atoms with Gasteiger partial charge in [0.2, 0.25) is 0 Å². The number of ether oxygens (including phenoxy) is 1. The topological polar surface area (TPSA) is 91.2 Å². The number of amides is 3. The van der Waals surface area contributed by atoms with E-state index in [1.165, 1.54) is 6.07 Å². The van der Waals surface area contributed by atoms with Gasteiger partial charge in [0.25, 0.3) is 5.91 Å². The molecule has 6 heteroatoms. The summed E-state index contributed by atoms with van der Waals surface area (Å²) in [7, 11) is 0. The monoisotopic (exact) mass is 247 g/mol. The van der Waals surface area contributed by atoms with Crippen LogP contribution in [0.3, 0.4) is 0 Å². The van der Waals surface area contributed by atoms with Crippen molar-refractivity contribution in [1.82, 2.24) is 10.6 Å². The Bertz CT molecular complexity index is 480. The van der Waals surface area contributed by atoms with Gasteiger partial charge in [-0.05, 0) is 25.1 Å². The van der Waals surface area contributed by atoms with Crippen molar-refractivity contribution in [3.63, 3.8) is 0 Å². The molecular weight excluding hydrogens is 234 g/mol. The average molecular weight is 247 g/mol. The summed E-state index contributed by atoms with van der Waals surface area (Å²) in [5, 5.41) is 13.2. The Balaban J connectivity index is 2.43. The van der Waals surface area contributed by atoms with E-state index in [2.05, 4.69) is 10.6 Å². The van der Waals surface area contributed by atoms with Gasteiger partial charge in [0.1, 0.15) is 5.75 Å². The fourth-order valence-electron chi connectivity index (χ4n) is 1.17. The maximum absolute atomic E-state index is 11.3. The van der Waals surface area contributed by atoms with Gasteiger partial charge in [0.05, 0.1) is 11.6 Å². The van der Waals surface area contributed by atoms with Crippen molar-refractivity contribution in [1.29, 1.82) is 5.26 Å². The van der Waals surface area contributed by atoms with E-state index < -0.39 is 11.9 Å². The van der Waals surface area contributed by atoms with Crippen molar-refractivity contribution in [2.24, 2.45) is 0 Å². The molecule has 1 aromatic rings. The molecule has 1 rings (SSSR count). The molecule has 18 heavy (non-hydrogen) atoms. The normalized spacial score (nSPS) is 9.11. The Kier molecular flexibility index (Phi) is 5.19. The van der Waals surface area contributed by atoms with Crippen LogP contribution in [-0.2, 0) is 4.79 Å². The van der Waals surface area contributed by atoms with Gasteiger partial charge >= 0.3 is 6.03 Å². The molecule has 0 aliphatic carbocycles. The van der Waals surface area contributed by atoms with E-state index >= 15 is 0 Å². The number of benzene rings is 1. The zero-order valence-electron chi connectivity index (χ0n) is 9.90. The molecule has 0 unspecified atom stereocenters. The Labute approximate surface area is 105 Å². The molecule has 2 N–H and O–H groups in total. The molecule has 0 aliphatic rings. The van der Waals surface area contributed by atoms with Crippen LogP contribution in [0.5, 0.6) is 5.75 Å². The number of carbonyl (C=O) groups excluding carboxylic acids is 2. The lowest BCUT2D eigenvalue weighted by molar-refractivity contribution is -0.122. The molecule has 0 aromatic heterocycles. The molecule has 0 heterocycles. The lowest BCUT2D eigenvalue weighted by Crippen LogP contribution is -2.41. The predicted molar refractivity (Wildman–Crippen MR) is 63.9 cm³/mol. The van der Waals surface area contributed by atoms with Crippen LogP contribution in [0.4, 0.5) is 4.79 Å². The highest BCUT2D eigenvalue weighted by molar-refractivity contribution is 5.94. The molecule has 0 saturated heterocycles. The van der Waals surface area contributed by atoms with Crippen LogP contribution in [0, 0.1) is 11.3 Å². The molecule has 0 bridgehead atoms. The SMILES string of the molecule is CCNC(=O)NC(=O)COc1cccc(C#N)c1. The average Bonchev–Trinajstić information content (AvgIpc) is 2.37. The second-order valence-electron chi connectivity index (χ2n) is 3.34. The van der Waals surface area contributed by atoms with Crippen molar-refractivity contribution in [3.8, 4) is 11.8 Å². The minimum atomic E-state index is -0.558. The molecule has 0 saturated carbocycles. The molecule has 6 nitrogen and oxygen atoms in total. The summed E-state index contributed by atoms with van der Waals surface area (Å²) in [6.45, 7) is 1.89. The second-order valence-corrected chi connectivity index (χ2v) is 3.34. The fourth-order valence-corrected chi connectivity index (χ4v) is 1.17. The minimum Gasteiger partial charge on any atom is -0.484 e. The molecule has 1 aromatic carbocycles. The first-order valence-corrected chi connectivity index (χ1v) is 5.36. The van der Waals surface area contributed by atoms with Crippen molar-refractivity contribution < 1.29 is 14.3 Å². The number of carbonyl (C=O) groups is 2. The lowest BCUT2D eigenvalue weighted by Gasteiger charge is -2.07. The molecule has 3 amide bonds. The van der Waals surface area contributed by atoms with E-state index in [0.29, 0.717) is 17.9 Å². The number of nitrogens with one attached hydrogen (secondary N) is 2. The Morgan fingerprint density at radius 3 is 2.89 bits per heavy atom. The van der Waals surface area contributed by atoms with Crippen molar-refractivity contribution in [3.05, 3.63) is 29.8 Å². The first-order valence-electron chi connectivity index (χ1n) is 5.36. The second kappa shape index (κ2) is 6.91. The summed E-state index contributed by atoms with van der Waals surface area (Å²) in [4.78, 5) is 22.3. The van der Waals surface area contributed by atoms with Gasteiger partial charge in [-0.2, -0.15) is 5.26 Å². The molecule has 0 atom stereocenters. The van der Waals surface area contributed by atoms with Crippen LogP contribution in [0.2, 0.25) is 0 Å². The zero-order chi connectivity index (χ0) is 13.4. The lowest BCUT2D eigenvalue weighted by atomic mass is 10.2. The molecule has 94 valence electrons. The fraction of sp³-hybridized carbons (Fsp3) is 0.250. The van der Waals surface area contributed by atoms with Crippen LogP contribution < -0.4 is 15.4 Å². The van der Waals surface area contributed by atoms with E-state index in [4.69, 9.17) is 10.00 Å². The minimum absolute atomic E-state index is 0.286. The summed E-state index contributed by atoms with van der Waals surface area (Å²) in [5.74, 6) is -0.150. The number of rotatable bonds is 4. The Morgan fingerprint density at radius 2 is 2.22 bits per heavy atom. The third kappa shape index (κ3) is 4.53. The number of imide groups is 1. The highest BCUT2D eigenvalue weighted by atomic mass is 16.5. The van der Waals surface area contributed by atoms with Gasteiger partial charge in [-0.25, -0.2) is 4.79 Å². The van der Waals surface area contributed by atoms with E-state index in [-0.39, 0.29) is 6.61 Å². The number of nitrogens with zero attached hydrogens (tertiary/aromatic N) is 1. The van der Waals surface area contributed by atoms with Gasteiger partial charge in [-0.15, -0.1) is 0 Å². The maximum atomic E-state index is 11.3. The third-order valence-corrected chi connectivity index (χ3v) is 1.92. The predicted octanol–water partition coefficient (Wildman–Crippen LogP) is 0.783. The van der Waals surface area contributed by atoms with Crippen molar-refractivity contribution >= 4 is 11.9 Å². The van der Waals surface area contributed by atoms with Crippen LogP contribution in [-0.4, -0.2) is 25.1 Å². The highest BCUT2D eigenvalue weighted by Gasteiger charge is 2.07. The van der Waals surface area contributed by atoms with Crippen molar-refractivity contribution in [2.75, 3.05) is 13.2 Å². The molecule has 0 radical (unpaired) electrons. The van der Waals surface area contributed by atoms with Crippen LogP contribution >= 0.6 is 0 Å². The molecule has 0 fully saturated rings. The van der Waals surface area contributed by atoms with Crippen LogP contribution in [0.25, 0.3) is 0 Å². The molecule has 0 aliphatic heterocycles. The summed E-state index contributed by atoms with van der Waals surface area (Å²) in [6, 6.07) is 7.81. The summed E-state index contributed by atoms with van der Waals surface area (Å²) < 4.78 is 5.15. The van der Waals surface area contributed by atoms with E-state index in [1.807, 2.05) is 6.07 Å². The highest BCUT2D eigenvalue weighted by Crippen LogP contribution is 2.11. The van der Waals surface area contributed by atoms with Crippen molar-refractivity contribution in [2.45, 2.75) is 6.92 Å². The summed E-state index contributed by atoms with van der Waals surface area (Å²) in [6.07, 6.45) is 0. The van der Waals surface area contributed by atoms with E-state index in [9.17, 15) is 9.59 Å². The van der Waals surface area contributed by atoms with E-state index in [1.54, 1.807) is 25.1 Å². The summed E-state index contributed by atoms with van der Waals surface area (Å²) >= 11 is 0.